The maximum absolute atomic E-state index is 12.6. The van der Waals surface area contributed by atoms with Gasteiger partial charge in [0.25, 0.3) is 0 Å². The SMILES string of the molecule is CN1/C(=C(\C#N)C(=O)COC(=O)C2C[C@H]3CCC[C@@H](C2)C3=O)Sc2ccccc21. The average molecular weight is 410 g/mol. The predicted octanol–water partition coefficient (Wildman–Crippen LogP) is 3.47. The number of hydrogen-bond acceptors (Lipinski definition) is 7. The van der Waals surface area contributed by atoms with Crippen molar-refractivity contribution in [2.45, 2.75) is 37.0 Å². The van der Waals surface area contributed by atoms with Crippen LogP contribution in [0.4, 0.5) is 5.69 Å². The number of nitriles is 1. The molecule has 1 heterocycles. The monoisotopic (exact) mass is 410 g/mol. The fourth-order valence-electron chi connectivity index (χ4n) is 4.55. The lowest BCUT2D eigenvalue weighted by molar-refractivity contribution is -0.155. The number of nitrogens with zero attached hydrogens (tertiary/aromatic N) is 2. The first-order valence-electron chi connectivity index (χ1n) is 9.88. The lowest BCUT2D eigenvalue weighted by atomic mass is 9.67. The van der Waals surface area contributed by atoms with Crippen molar-refractivity contribution < 1.29 is 19.1 Å². The molecule has 2 aliphatic carbocycles. The summed E-state index contributed by atoms with van der Waals surface area (Å²) in [7, 11) is 1.81. The Labute approximate surface area is 173 Å². The fourth-order valence-corrected chi connectivity index (χ4v) is 5.71. The number of benzene rings is 1. The number of hydrogen-bond donors (Lipinski definition) is 0. The van der Waals surface area contributed by atoms with Crippen molar-refractivity contribution in [2.75, 3.05) is 18.6 Å². The molecule has 0 radical (unpaired) electrons. The van der Waals surface area contributed by atoms with Crippen molar-refractivity contribution >= 4 is 35.0 Å². The number of thioether (sulfide) groups is 1. The number of anilines is 1. The van der Waals surface area contributed by atoms with Crippen LogP contribution in [0.3, 0.4) is 0 Å². The maximum atomic E-state index is 12.6. The molecule has 0 aromatic heterocycles. The zero-order valence-corrected chi connectivity index (χ0v) is 17.0. The topological polar surface area (TPSA) is 87.5 Å². The van der Waals surface area contributed by atoms with Gasteiger partial charge in [0, 0.05) is 23.8 Å². The van der Waals surface area contributed by atoms with Crippen LogP contribution in [-0.2, 0) is 19.1 Å². The number of carbonyl (C=O) groups is 3. The number of ether oxygens (including phenoxy) is 1. The molecule has 29 heavy (non-hydrogen) atoms. The van der Waals surface area contributed by atoms with E-state index in [0.717, 1.165) is 29.8 Å². The Hall–Kier alpha value is -2.59. The molecule has 150 valence electrons. The highest BCUT2D eigenvalue weighted by Gasteiger charge is 2.42. The first-order valence-corrected chi connectivity index (χ1v) is 10.7. The first kappa shape index (κ1) is 19.7. The Bertz CT molecular complexity index is 932. The largest absolute Gasteiger partial charge is 0.457 e. The lowest BCUT2D eigenvalue weighted by Gasteiger charge is -2.36. The highest BCUT2D eigenvalue weighted by atomic mass is 32.2. The summed E-state index contributed by atoms with van der Waals surface area (Å²) in [5, 5.41) is 10.1. The van der Waals surface area contributed by atoms with Crippen LogP contribution in [0, 0.1) is 29.1 Å². The third-order valence-corrected chi connectivity index (χ3v) is 7.31. The number of carbonyl (C=O) groups excluding carboxylic acids is 3. The van der Waals surface area contributed by atoms with Gasteiger partial charge in [0.15, 0.2) is 6.61 Å². The second-order valence-electron chi connectivity index (χ2n) is 7.85. The molecule has 2 bridgehead atoms. The van der Waals surface area contributed by atoms with Crippen molar-refractivity contribution in [2.24, 2.45) is 17.8 Å². The van der Waals surface area contributed by atoms with Gasteiger partial charge in [0.05, 0.1) is 11.6 Å². The second kappa shape index (κ2) is 8.03. The van der Waals surface area contributed by atoms with Gasteiger partial charge in [0.2, 0.25) is 5.78 Å². The molecular formula is C22H22N2O4S. The van der Waals surface area contributed by atoms with Crippen LogP contribution in [0.25, 0.3) is 0 Å². The normalized spacial score (nSPS) is 27.1. The van der Waals surface area contributed by atoms with E-state index in [1.54, 1.807) is 0 Å². The van der Waals surface area contributed by atoms with E-state index >= 15 is 0 Å². The highest BCUT2D eigenvalue weighted by molar-refractivity contribution is 8.03. The van der Waals surface area contributed by atoms with Crippen molar-refractivity contribution in [3.63, 3.8) is 0 Å². The van der Waals surface area contributed by atoms with Crippen LogP contribution >= 0.6 is 11.8 Å². The molecule has 6 nitrogen and oxygen atoms in total. The summed E-state index contributed by atoms with van der Waals surface area (Å²) in [6.45, 7) is -0.449. The Morgan fingerprint density at radius 3 is 2.59 bits per heavy atom. The summed E-state index contributed by atoms with van der Waals surface area (Å²) in [4.78, 5) is 40.1. The summed E-state index contributed by atoms with van der Waals surface area (Å²) in [5.41, 5.74) is 0.931. The summed E-state index contributed by atoms with van der Waals surface area (Å²) >= 11 is 1.36. The zero-order valence-electron chi connectivity index (χ0n) is 16.2. The number of Topliss-reactive ketones (excluding diaryl/α,β-unsaturated/α-hetero) is 2. The van der Waals surface area contributed by atoms with E-state index in [9.17, 15) is 19.6 Å². The van der Waals surface area contributed by atoms with Crippen LogP contribution < -0.4 is 4.90 Å². The third-order valence-electron chi connectivity index (χ3n) is 6.07. The Kier molecular flexibility index (Phi) is 5.46. The van der Waals surface area contributed by atoms with E-state index in [1.165, 1.54) is 11.8 Å². The van der Waals surface area contributed by atoms with Crippen molar-refractivity contribution in [3.05, 3.63) is 34.9 Å². The predicted molar refractivity (Wildman–Crippen MR) is 108 cm³/mol. The molecule has 1 aromatic carbocycles. The van der Waals surface area contributed by atoms with Crippen LogP contribution in [0.2, 0.25) is 0 Å². The van der Waals surface area contributed by atoms with Crippen LogP contribution in [0.1, 0.15) is 32.1 Å². The smallest absolute Gasteiger partial charge is 0.309 e. The molecule has 2 fully saturated rings. The summed E-state index contributed by atoms with van der Waals surface area (Å²) in [5.74, 6) is -1.07. The van der Waals surface area contributed by atoms with Gasteiger partial charge in [-0.05, 0) is 37.8 Å². The number of ketones is 2. The van der Waals surface area contributed by atoms with Crippen molar-refractivity contribution in [1.29, 1.82) is 5.26 Å². The van der Waals surface area contributed by atoms with E-state index in [2.05, 4.69) is 0 Å². The number of fused-ring (bicyclic) bond motifs is 3. The van der Waals surface area contributed by atoms with E-state index in [0.29, 0.717) is 17.9 Å². The molecule has 1 unspecified atom stereocenters. The minimum atomic E-state index is -0.505. The van der Waals surface area contributed by atoms with Gasteiger partial charge in [-0.25, -0.2) is 0 Å². The van der Waals surface area contributed by atoms with Crippen LogP contribution in [-0.4, -0.2) is 31.2 Å². The van der Waals surface area contributed by atoms with E-state index in [1.807, 2.05) is 42.3 Å². The quantitative estimate of drug-likeness (QED) is 0.427. The molecule has 2 saturated carbocycles. The van der Waals surface area contributed by atoms with Crippen LogP contribution in [0.15, 0.2) is 39.8 Å². The minimum absolute atomic E-state index is 0.00260. The van der Waals surface area contributed by atoms with Gasteiger partial charge in [-0.2, -0.15) is 5.26 Å². The number of para-hydroxylation sites is 1. The van der Waals surface area contributed by atoms with Crippen molar-refractivity contribution in [1.82, 2.24) is 0 Å². The lowest BCUT2D eigenvalue weighted by Crippen LogP contribution is -2.39. The van der Waals surface area contributed by atoms with E-state index < -0.39 is 18.4 Å². The molecule has 0 saturated heterocycles. The Morgan fingerprint density at radius 2 is 1.93 bits per heavy atom. The third kappa shape index (κ3) is 3.69. The first-order chi connectivity index (χ1) is 14.0. The second-order valence-corrected chi connectivity index (χ2v) is 8.88. The Balaban J connectivity index is 1.41. The summed E-state index contributed by atoms with van der Waals surface area (Å²) < 4.78 is 5.29. The highest BCUT2D eigenvalue weighted by Crippen LogP contribution is 2.46. The molecule has 1 aliphatic heterocycles. The van der Waals surface area contributed by atoms with Gasteiger partial charge in [-0.3, -0.25) is 14.4 Å². The average Bonchev–Trinajstić information content (AvgIpc) is 3.03. The fraction of sp³-hybridized carbons (Fsp3) is 0.455. The molecule has 3 atom stereocenters. The molecule has 0 spiro atoms. The van der Waals surface area contributed by atoms with Gasteiger partial charge in [0.1, 0.15) is 22.5 Å². The van der Waals surface area contributed by atoms with Gasteiger partial charge >= 0.3 is 5.97 Å². The Morgan fingerprint density at radius 1 is 1.24 bits per heavy atom. The van der Waals surface area contributed by atoms with Crippen molar-refractivity contribution in [3.8, 4) is 6.07 Å². The number of esters is 1. The zero-order chi connectivity index (χ0) is 20.5. The molecule has 1 aromatic rings. The molecular weight excluding hydrogens is 388 g/mol. The maximum Gasteiger partial charge on any atom is 0.309 e. The van der Waals surface area contributed by atoms with E-state index in [4.69, 9.17) is 4.74 Å². The van der Waals surface area contributed by atoms with E-state index in [-0.39, 0.29) is 29.1 Å². The van der Waals surface area contributed by atoms with Gasteiger partial charge in [-0.15, -0.1) is 0 Å². The summed E-state index contributed by atoms with van der Waals surface area (Å²) in [6, 6.07) is 9.65. The summed E-state index contributed by atoms with van der Waals surface area (Å²) in [6.07, 6.45) is 3.75. The van der Waals surface area contributed by atoms with Gasteiger partial charge in [-0.1, -0.05) is 30.3 Å². The van der Waals surface area contributed by atoms with Gasteiger partial charge < -0.3 is 9.64 Å². The van der Waals surface area contributed by atoms with Crippen LogP contribution in [0.5, 0.6) is 0 Å². The molecule has 0 N–H and O–H groups in total. The standard InChI is InChI=1S/C22H22N2O4S/c1-24-17-7-2-3-8-19(17)29-21(24)16(11-23)18(25)12-28-22(27)15-9-13-5-4-6-14(10-15)20(13)26/h2-3,7-8,13-15H,4-6,9-10,12H2,1H3/b21-16-/t13-,14+,15?. The molecule has 3 aliphatic rings. The number of rotatable bonds is 4. The molecule has 0 amide bonds. The minimum Gasteiger partial charge on any atom is -0.457 e. The molecule has 4 rings (SSSR count). The molecule has 7 heteroatoms.